The van der Waals surface area contributed by atoms with Gasteiger partial charge < -0.3 is 20.7 Å². The van der Waals surface area contributed by atoms with E-state index in [9.17, 15) is 14.4 Å². The number of nitrogens with two attached hydrogens (primary N) is 1. The van der Waals surface area contributed by atoms with Crippen molar-refractivity contribution in [1.29, 1.82) is 0 Å². The first-order valence-corrected chi connectivity index (χ1v) is 11.0. The molecule has 8 heteroatoms. The molecule has 1 aromatic heterocycles. The van der Waals surface area contributed by atoms with Gasteiger partial charge in [-0.3, -0.25) is 9.59 Å². The van der Waals surface area contributed by atoms with Crippen LogP contribution in [-0.2, 0) is 22.4 Å². The molecular formula is C22H27N3O4S. The predicted molar refractivity (Wildman–Crippen MR) is 118 cm³/mol. The number of hydrogen-bond donors (Lipinski definition) is 2. The summed E-state index contributed by atoms with van der Waals surface area (Å²) >= 11 is 1.38. The topological polar surface area (TPSA) is 102 Å². The van der Waals surface area contributed by atoms with E-state index in [1.807, 2.05) is 12.1 Å². The summed E-state index contributed by atoms with van der Waals surface area (Å²) in [6, 6.07) is 7.09. The highest BCUT2D eigenvalue weighted by Gasteiger charge is 2.25. The molecule has 30 heavy (non-hydrogen) atoms. The fraction of sp³-hybridized carbons (Fsp3) is 0.409. The molecule has 0 radical (unpaired) electrons. The monoisotopic (exact) mass is 429 g/mol. The van der Waals surface area contributed by atoms with E-state index in [1.165, 1.54) is 11.3 Å². The van der Waals surface area contributed by atoms with Gasteiger partial charge in [0.2, 0.25) is 0 Å². The number of carbonyl (C=O) groups is 3. The lowest BCUT2D eigenvalue weighted by Gasteiger charge is -2.20. The lowest BCUT2D eigenvalue weighted by Crippen LogP contribution is -2.23. The van der Waals surface area contributed by atoms with E-state index in [0.29, 0.717) is 16.1 Å². The predicted octanol–water partition coefficient (Wildman–Crippen LogP) is 3.37. The molecular weight excluding hydrogens is 402 g/mol. The molecule has 2 aromatic rings. The van der Waals surface area contributed by atoms with Crippen molar-refractivity contribution in [2.24, 2.45) is 5.73 Å². The number of benzene rings is 1. The number of hydrogen-bond acceptors (Lipinski definition) is 6. The Morgan fingerprint density at radius 2 is 1.77 bits per heavy atom. The second kappa shape index (κ2) is 9.75. The first-order valence-electron chi connectivity index (χ1n) is 10.2. The van der Waals surface area contributed by atoms with Crippen LogP contribution in [0.4, 0.5) is 10.7 Å². The standard InChI is InChI=1S/C22H27N3O4S/c1-3-25(4-2)15-11-9-14(10-12-15)22(28)29-13-18(26)24-21-19(20(23)27)16-7-5-6-8-17(16)30-21/h9-12H,3-8,13H2,1-2H3,(H2,23,27)(H,24,26). The van der Waals surface area contributed by atoms with Crippen LogP contribution < -0.4 is 16.0 Å². The summed E-state index contributed by atoms with van der Waals surface area (Å²) in [5.74, 6) is -1.61. The van der Waals surface area contributed by atoms with Crippen LogP contribution in [0.25, 0.3) is 0 Å². The number of carbonyl (C=O) groups excluding carboxylic acids is 3. The van der Waals surface area contributed by atoms with Gasteiger partial charge in [-0.1, -0.05) is 0 Å². The summed E-state index contributed by atoms with van der Waals surface area (Å²) in [4.78, 5) is 39.7. The van der Waals surface area contributed by atoms with Gasteiger partial charge in [-0.2, -0.15) is 0 Å². The molecule has 0 saturated carbocycles. The van der Waals surface area contributed by atoms with E-state index >= 15 is 0 Å². The number of nitrogens with one attached hydrogen (secondary N) is 1. The maximum atomic E-state index is 12.3. The van der Waals surface area contributed by atoms with Crippen LogP contribution in [0, 0.1) is 0 Å². The third-order valence-electron chi connectivity index (χ3n) is 5.24. The van der Waals surface area contributed by atoms with Gasteiger partial charge in [0, 0.05) is 23.7 Å². The number of nitrogens with zero attached hydrogens (tertiary/aromatic N) is 1. The summed E-state index contributed by atoms with van der Waals surface area (Å²) < 4.78 is 5.14. The van der Waals surface area contributed by atoms with Crippen LogP contribution in [0.2, 0.25) is 0 Å². The van der Waals surface area contributed by atoms with Crippen molar-refractivity contribution >= 4 is 39.8 Å². The number of ether oxygens (including phenoxy) is 1. The molecule has 7 nitrogen and oxygen atoms in total. The number of amides is 2. The molecule has 0 unspecified atom stereocenters. The Bertz CT molecular complexity index is 933. The number of aryl methyl sites for hydroxylation is 1. The average Bonchev–Trinajstić information content (AvgIpc) is 3.11. The van der Waals surface area contributed by atoms with Crippen molar-refractivity contribution in [1.82, 2.24) is 0 Å². The smallest absolute Gasteiger partial charge is 0.338 e. The molecule has 3 rings (SSSR count). The van der Waals surface area contributed by atoms with Crippen LogP contribution in [0.15, 0.2) is 24.3 Å². The quantitative estimate of drug-likeness (QED) is 0.627. The Morgan fingerprint density at radius 3 is 2.40 bits per heavy atom. The van der Waals surface area contributed by atoms with Crippen LogP contribution in [0.3, 0.4) is 0 Å². The lowest BCUT2D eigenvalue weighted by atomic mass is 9.95. The second-order valence-electron chi connectivity index (χ2n) is 7.12. The molecule has 1 heterocycles. The van der Waals surface area contributed by atoms with Crippen LogP contribution in [-0.4, -0.2) is 37.5 Å². The maximum Gasteiger partial charge on any atom is 0.338 e. The second-order valence-corrected chi connectivity index (χ2v) is 8.23. The van der Waals surface area contributed by atoms with Gasteiger partial charge in [-0.25, -0.2) is 4.79 Å². The Morgan fingerprint density at radius 1 is 1.10 bits per heavy atom. The largest absolute Gasteiger partial charge is 0.452 e. The molecule has 3 N–H and O–H groups in total. The summed E-state index contributed by atoms with van der Waals surface area (Å²) in [5.41, 5.74) is 8.27. The Hall–Kier alpha value is -2.87. The molecule has 0 saturated heterocycles. The van der Waals surface area contributed by atoms with Gasteiger partial charge in [-0.05, 0) is 69.4 Å². The molecule has 1 aliphatic rings. The zero-order valence-electron chi connectivity index (χ0n) is 17.3. The molecule has 0 fully saturated rings. The minimum absolute atomic E-state index is 0.378. The van der Waals surface area contributed by atoms with E-state index in [-0.39, 0.29) is 0 Å². The highest BCUT2D eigenvalue weighted by atomic mass is 32.1. The minimum Gasteiger partial charge on any atom is -0.452 e. The van der Waals surface area contributed by atoms with Gasteiger partial charge in [-0.15, -0.1) is 11.3 Å². The number of fused-ring (bicyclic) bond motifs is 1. The SMILES string of the molecule is CCN(CC)c1ccc(C(=O)OCC(=O)Nc2sc3c(c2C(N)=O)CCCC3)cc1. The molecule has 0 atom stereocenters. The Balaban J connectivity index is 1.60. The van der Waals surface area contributed by atoms with Crippen LogP contribution >= 0.6 is 11.3 Å². The Labute approximate surface area is 180 Å². The number of anilines is 2. The molecule has 1 aromatic carbocycles. The zero-order chi connectivity index (χ0) is 21.7. The van der Waals surface area contributed by atoms with Crippen LogP contribution in [0.1, 0.15) is 57.8 Å². The van der Waals surface area contributed by atoms with Crippen molar-refractivity contribution < 1.29 is 19.1 Å². The van der Waals surface area contributed by atoms with Gasteiger partial charge in [0.25, 0.3) is 11.8 Å². The maximum absolute atomic E-state index is 12.3. The fourth-order valence-electron chi connectivity index (χ4n) is 3.69. The first kappa shape index (κ1) is 21.8. The minimum atomic E-state index is -0.572. The molecule has 0 spiro atoms. The van der Waals surface area contributed by atoms with E-state index in [1.54, 1.807) is 12.1 Å². The third kappa shape index (κ3) is 4.81. The normalized spacial score (nSPS) is 12.7. The average molecular weight is 430 g/mol. The van der Waals surface area contributed by atoms with Crippen molar-refractivity contribution in [2.75, 3.05) is 29.9 Å². The summed E-state index contributed by atoms with van der Waals surface area (Å²) in [6.07, 6.45) is 3.74. The van der Waals surface area contributed by atoms with Gasteiger partial charge >= 0.3 is 5.97 Å². The summed E-state index contributed by atoms with van der Waals surface area (Å²) in [6.45, 7) is 5.45. The zero-order valence-corrected chi connectivity index (χ0v) is 18.1. The van der Waals surface area contributed by atoms with E-state index < -0.39 is 24.4 Å². The van der Waals surface area contributed by atoms with E-state index in [4.69, 9.17) is 10.5 Å². The molecule has 160 valence electrons. The van der Waals surface area contributed by atoms with Crippen molar-refractivity contribution in [2.45, 2.75) is 39.5 Å². The third-order valence-corrected chi connectivity index (χ3v) is 6.44. The first-order chi connectivity index (χ1) is 14.4. The number of primary amides is 1. The van der Waals surface area contributed by atoms with Gasteiger partial charge in [0.1, 0.15) is 5.00 Å². The van der Waals surface area contributed by atoms with Crippen molar-refractivity contribution in [3.8, 4) is 0 Å². The highest BCUT2D eigenvalue weighted by Crippen LogP contribution is 2.37. The van der Waals surface area contributed by atoms with Gasteiger partial charge in [0.15, 0.2) is 6.61 Å². The highest BCUT2D eigenvalue weighted by molar-refractivity contribution is 7.17. The number of rotatable bonds is 8. The van der Waals surface area contributed by atoms with Crippen LogP contribution in [0.5, 0.6) is 0 Å². The summed E-state index contributed by atoms with van der Waals surface area (Å²) in [5, 5.41) is 3.13. The lowest BCUT2D eigenvalue weighted by molar-refractivity contribution is -0.119. The number of esters is 1. The van der Waals surface area contributed by atoms with Gasteiger partial charge in [0.05, 0.1) is 11.1 Å². The Kier molecular flexibility index (Phi) is 7.10. The van der Waals surface area contributed by atoms with Crippen molar-refractivity contribution in [3.63, 3.8) is 0 Å². The molecule has 2 amide bonds. The van der Waals surface area contributed by atoms with E-state index in [0.717, 1.165) is 54.9 Å². The molecule has 0 bridgehead atoms. The number of thiophene rings is 1. The molecule has 1 aliphatic carbocycles. The van der Waals surface area contributed by atoms with Crippen molar-refractivity contribution in [3.05, 3.63) is 45.8 Å². The molecule has 0 aliphatic heterocycles. The summed E-state index contributed by atoms with van der Waals surface area (Å²) in [7, 11) is 0. The fourth-order valence-corrected chi connectivity index (χ4v) is 5.00. The van der Waals surface area contributed by atoms with E-state index in [2.05, 4.69) is 24.1 Å².